The fourth-order valence-electron chi connectivity index (χ4n) is 2.18. The van der Waals surface area contributed by atoms with E-state index in [0.29, 0.717) is 16.5 Å². The number of halogens is 2. The highest BCUT2D eigenvalue weighted by atomic mass is 79.9. The minimum Gasteiger partial charge on any atom is -0.324 e. The monoisotopic (exact) mass is 427 g/mol. The molecule has 2 aromatic heterocycles. The molecule has 0 unspecified atom stereocenters. The highest BCUT2D eigenvalue weighted by Gasteiger charge is 2.38. The van der Waals surface area contributed by atoms with Gasteiger partial charge in [-0.1, -0.05) is 16.9 Å². The third-order valence-electron chi connectivity index (χ3n) is 3.82. The maximum atomic E-state index is 13.5. The van der Waals surface area contributed by atoms with Gasteiger partial charge in [0.2, 0.25) is 5.82 Å². The van der Waals surface area contributed by atoms with Gasteiger partial charge in [-0.2, -0.15) is 0 Å². The van der Waals surface area contributed by atoms with E-state index in [4.69, 9.17) is 14.9 Å². The highest BCUT2D eigenvalue weighted by Crippen LogP contribution is 2.39. The van der Waals surface area contributed by atoms with Crippen molar-refractivity contribution in [2.75, 3.05) is 5.75 Å². The summed E-state index contributed by atoms with van der Waals surface area (Å²) in [7, 11) is 0. The first-order valence-electron chi connectivity index (χ1n) is 7.26. The summed E-state index contributed by atoms with van der Waals surface area (Å²) in [6.07, 6.45) is 1.91. The zero-order valence-corrected chi connectivity index (χ0v) is 15.0. The predicted octanol–water partition coefficient (Wildman–Crippen LogP) is 2.36. The lowest BCUT2D eigenvalue weighted by atomic mass is 10.3. The SMILES string of the molecule is NC1(CSc2nonc2-c2noc(=O)n2-c2ccc(F)c(Br)c2)CC1. The van der Waals surface area contributed by atoms with E-state index in [-0.39, 0.29) is 21.5 Å². The molecule has 2 N–H and O–H groups in total. The van der Waals surface area contributed by atoms with Gasteiger partial charge in [-0.3, -0.25) is 4.52 Å². The van der Waals surface area contributed by atoms with Crippen LogP contribution in [0.2, 0.25) is 0 Å². The van der Waals surface area contributed by atoms with Crippen LogP contribution in [0.3, 0.4) is 0 Å². The number of hydrogen-bond acceptors (Lipinski definition) is 8. The Kier molecular flexibility index (Phi) is 4.01. The van der Waals surface area contributed by atoms with Gasteiger partial charge in [0.15, 0.2) is 10.7 Å². The molecule has 4 rings (SSSR count). The zero-order chi connectivity index (χ0) is 17.6. The molecular weight excluding hydrogens is 417 g/mol. The van der Waals surface area contributed by atoms with E-state index >= 15 is 0 Å². The maximum Gasteiger partial charge on any atom is 0.446 e. The van der Waals surface area contributed by atoms with Gasteiger partial charge in [-0.25, -0.2) is 18.4 Å². The van der Waals surface area contributed by atoms with Crippen molar-refractivity contribution >= 4 is 27.7 Å². The molecule has 130 valence electrons. The summed E-state index contributed by atoms with van der Waals surface area (Å²) in [6.45, 7) is 0. The Morgan fingerprint density at radius 1 is 1.36 bits per heavy atom. The largest absolute Gasteiger partial charge is 0.446 e. The van der Waals surface area contributed by atoms with Crippen molar-refractivity contribution in [2.24, 2.45) is 5.73 Å². The Morgan fingerprint density at radius 3 is 2.88 bits per heavy atom. The van der Waals surface area contributed by atoms with Crippen molar-refractivity contribution < 1.29 is 13.5 Å². The average Bonchev–Trinajstić information content (AvgIpc) is 2.98. The van der Waals surface area contributed by atoms with Crippen LogP contribution in [-0.2, 0) is 0 Å². The quantitative estimate of drug-likeness (QED) is 0.617. The number of thioether (sulfide) groups is 1. The predicted molar refractivity (Wildman–Crippen MR) is 89.9 cm³/mol. The summed E-state index contributed by atoms with van der Waals surface area (Å²) < 4.78 is 24.4. The summed E-state index contributed by atoms with van der Waals surface area (Å²) in [5, 5.41) is 11.9. The average molecular weight is 428 g/mol. The lowest BCUT2D eigenvalue weighted by Crippen LogP contribution is -2.24. The Labute approximate surface area is 152 Å². The molecule has 11 heteroatoms. The third-order valence-corrected chi connectivity index (χ3v) is 5.69. The van der Waals surface area contributed by atoms with Gasteiger partial charge < -0.3 is 5.73 Å². The number of benzene rings is 1. The molecule has 0 radical (unpaired) electrons. The Morgan fingerprint density at radius 2 is 2.16 bits per heavy atom. The molecule has 25 heavy (non-hydrogen) atoms. The first kappa shape index (κ1) is 16.5. The second kappa shape index (κ2) is 6.07. The minimum absolute atomic E-state index is 0.120. The smallest absolute Gasteiger partial charge is 0.324 e. The number of aromatic nitrogens is 4. The van der Waals surface area contributed by atoms with Gasteiger partial charge in [-0.05, 0) is 57.3 Å². The van der Waals surface area contributed by atoms with Gasteiger partial charge in [0.1, 0.15) is 5.82 Å². The number of nitrogens with two attached hydrogens (primary N) is 1. The van der Waals surface area contributed by atoms with Crippen molar-refractivity contribution in [3.63, 3.8) is 0 Å². The minimum atomic E-state index is -0.732. The van der Waals surface area contributed by atoms with Crippen molar-refractivity contribution in [2.45, 2.75) is 23.4 Å². The standard InChI is InChI=1S/C14H11BrFN5O3S/c15-8-5-7(1-2-9(8)16)21-11(19-23-13(21)22)10-12(20-24-18-10)25-6-14(17)3-4-14/h1-2,5H,3-4,6,17H2. The molecule has 3 aromatic rings. The first-order valence-corrected chi connectivity index (χ1v) is 9.03. The lowest BCUT2D eigenvalue weighted by molar-refractivity contribution is 0.299. The molecule has 1 aliphatic rings. The zero-order valence-electron chi connectivity index (χ0n) is 12.6. The van der Waals surface area contributed by atoms with Crippen LogP contribution in [0.4, 0.5) is 4.39 Å². The van der Waals surface area contributed by atoms with Gasteiger partial charge in [0.25, 0.3) is 0 Å². The highest BCUT2D eigenvalue weighted by molar-refractivity contribution is 9.10. The van der Waals surface area contributed by atoms with E-state index in [1.165, 1.54) is 34.5 Å². The third kappa shape index (κ3) is 3.14. The van der Waals surface area contributed by atoms with Crippen LogP contribution in [0.1, 0.15) is 12.8 Å². The van der Waals surface area contributed by atoms with E-state index in [1.54, 1.807) is 0 Å². The second-order valence-electron chi connectivity index (χ2n) is 5.77. The summed E-state index contributed by atoms with van der Waals surface area (Å²) in [4.78, 5) is 12.1. The molecule has 1 aromatic carbocycles. The summed E-state index contributed by atoms with van der Waals surface area (Å²) in [5.41, 5.74) is 6.52. The van der Waals surface area contributed by atoms with Crippen LogP contribution in [-0.4, -0.2) is 31.3 Å². The molecule has 0 spiro atoms. The van der Waals surface area contributed by atoms with Crippen LogP contribution >= 0.6 is 27.7 Å². The molecule has 1 fully saturated rings. The summed E-state index contributed by atoms with van der Waals surface area (Å²) >= 11 is 4.47. The summed E-state index contributed by atoms with van der Waals surface area (Å²) in [6, 6.07) is 4.10. The van der Waals surface area contributed by atoms with Crippen molar-refractivity contribution in [3.8, 4) is 17.2 Å². The molecule has 0 bridgehead atoms. The Hall–Kier alpha value is -1.98. The van der Waals surface area contributed by atoms with E-state index in [9.17, 15) is 9.18 Å². The number of nitrogens with zero attached hydrogens (tertiary/aromatic N) is 4. The fraction of sp³-hybridized carbons (Fsp3) is 0.286. The van der Waals surface area contributed by atoms with E-state index in [1.807, 2.05) is 0 Å². The normalized spacial score (nSPS) is 15.5. The van der Waals surface area contributed by atoms with Gasteiger partial charge in [-0.15, -0.1) is 0 Å². The van der Waals surface area contributed by atoms with Crippen LogP contribution < -0.4 is 11.5 Å². The molecule has 0 saturated heterocycles. The van der Waals surface area contributed by atoms with Gasteiger partial charge in [0, 0.05) is 11.3 Å². The van der Waals surface area contributed by atoms with E-state index in [2.05, 4.69) is 31.4 Å². The lowest BCUT2D eigenvalue weighted by Gasteiger charge is -2.06. The number of hydrogen-bond donors (Lipinski definition) is 1. The van der Waals surface area contributed by atoms with Crippen molar-refractivity contribution in [3.05, 3.63) is 39.0 Å². The molecule has 1 aliphatic carbocycles. The van der Waals surface area contributed by atoms with E-state index < -0.39 is 11.6 Å². The van der Waals surface area contributed by atoms with Gasteiger partial charge >= 0.3 is 5.76 Å². The molecule has 0 atom stereocenters. The van der Waals surface area contributed by atoms with Crippen LogP contribution in [0, 0.1) is 5.82 Å². The molecule has 0 aliphatic heterocycles. The molecule has 8 nitrogen and oxygen atoms in total. The first-order chi connectivity index (χ1) is 12.0. The molecule has 2 heterocycles. The second-order valence-corrected chi connectivity index (χ2v) is 7.59. The van der Waals surface area contributed by atoms with Crippen molar-refractivity contribution in [1.29, 1.82) is 0 Å². The fourth-order valence-corrected chi connectivity index (χ4v) is 3.61. The summed E-state index contributed by atoms with van der Waals surface area (Å²) in [5.74, 6) is -0.413. The Bertz CT molecular complexity index is 997. The Balaban J connectivity index is 1.74. The molecular formula is C14H11BrFN5O3S. The van der Waals surface area contributed by atoms with Crippen LogP contribution in [0.15, 0.2) is 41.6 Å². The van der Waals surface area contributed by atoms with Crippen LogP contribution in [0.5, 0.6) is 0 Å². The van der Waals surface area contributed by atoms with Crippen molar-refractivity contribution in [1.82, 2.24) is 20.0 Å². The maximum absolute atomic E-state index is 13.5. The number of rotatable bonds is 5. The van der Waals surface area contributed by atoms with E-state index in [0.717, 1.165) is 12.8 Å². The van der Waals surface area contributed by atoms with Gasteiger partial charge in [0.05, 0.1) is 10.2 Å². The molecule has 1 saturated carbocycles. The van der Waals surface area contributed by atoms with Crippen LogP contribution in [0.25, 0.3) is 17.2 Å². The molecule has 0 amide bonds. The topological polar surface area (TPSA) is 113 Å².